The minimum Gasteiger partial charge on any atom is -0.379 e. The highest BCUT2D eigenvalue weighted by Gasteiger charge is 2.47. The van der Waals surface area contributed by atoms with E-state index < -0.39 is 0 Å². The third-order valence-corrected chi connectivity index (χ3v) is 7.46. The number of morpholine rings is 1. The predicted octanol–water partition coefficient (Wildman–Crippen LogP) is 3.32. The molecule has 32 heavy (non-hydrogen) atoms. The molecule has 176 valence electrons. The number of rotatable bonds is 7. The first-order chi connectivity index (χ1) is 15.5. The Kier molecular flexibility index (Phi) is 7.84. The second kappa shape index (κ2) is 10.8. The SMILES string of the molecule is CC(C)CC(CNC(=O)C1CC2CCCCC2N1C(=O)c1ccccc1)N1CCOCC1. The summed E-state index contributed by atoms with van der Waals surface area (Å²) < 4.78 is 5.53. The Labute approximate surface area is 192 Å². The number of likely N-dealkylation sites (tertiary alicyclic amines) is 1. The van der Waals surface area contributed by atoms with Gasteiger partial charge in [-0.05, 0) is 49.7 Å². The third-order valence-electron chi connectivity index (χ3n) is 7.46. The van der Waals surface area contributed by atoms with E-state index in [2.05, 4.69) is 24.1 Å². The molecule has 4 unspecified atom stereocenters. The fourth-order valence-electron chi connectivity index (χ4n) is 5.90. The number of amides is 2. The monoisotopic (exact) mass is 441 g/mol. The lowest BCUT2D eigenvalue weighted by atomic mass is 9.84. The molecule has 3 fully saturated rings. The first-order valence-corrected chi connectivity index (χ1v) is 12.5. The number of carbonyl (C=O) groups excluding carboxylic acids is 2. The van der Waals surface area contributed by atoms with Crippen molar-refractivity contribution >= 4 is 11.8 Å². The summed E-state index contributed by atoms with van der Waals surface area (Å²) in [7, 11) is 0. The molecule has 3 aliphatic rings. The van der Waals surface area contributed by atoms with E-state index in [1.807, 2.05) is 35.2 Å². The van der Waals surface area contributed by atoms with E-state index >= 15 is 0 Å². The number of nitrogens with one attached hydrogen (secondary N) is 1. The maximum Gasteiger partial charge on any atom is 0.254 e. The molecular formula is C26H39N3O3. The second-order valence-electron chi connectivity index (χ2n) is 10.1. The highest BCUT2D eigenvalue weighted by molar-refractivity contribution is 5.98. The standard InChI is InChI=1S/C26H39N3O3/c1-19(2)16-22(28-12-14-32-15-13-28)18-27-25(30)24-17-21-10-6-7-11-23(21)29(24)26(31)20-8-4-3-5-9-20/h3-5,8-9,19,21-24H,6-7,10-18H2,1-2H3,(H,27,30). The first kappa shape index (κ1) is 23.2. The number of hydrogen-bond acceptors (Lipinski definition) is 4. The van der Waals surface area contributed by atoms with Crippen LogP contribution in [-0.4, -0.2) is 72.6 Å². The van der Waals surface area contributed by atoms with Gasteiger partial charge in [-0.15, -0.1) is 0 Å². The van der Waals surface area contributed by atoms with Gasteiger partial charge in [0.1, 0.15) is 6.04 Å². The van der Waals surface area contributed by atoms with E-state index in [-0.39, 0.29) is 23.9 Å². The van der Waals surface area contributed by atoms with Gasteiger partial charge in [0.15, 0.2) is 0 Å². The Bertz CT molecular complexity index is 763. The average Bonchev–Trinajstić information content (AvgIpc) is 3.21. The van der Waals surface area contributed by atoms with Gasteiger partial charge in [0.05, 0.1) is 13.2 Å². The van der Waals surface area contributed by atoms with Gasteiger partial charge in [-0.25, -0.2) is 0 Å². The van der Waals surface area contributed by atoms with E-state index in [0.717, 1.165) is 58.4 Å². The van der Waals surface area contributed by atoms with Crippen LogP contribution in [0.2, 0.25) is 0 Å². The van der Waals surface area contributed by atoms with Crippen molar-refractivity contribution in [2.45, 2.75) is 70.5 Å². The molecule has 1 aromatic rings. The molecule has 0 spiro atoms. The molecule has 2 saturated heterocycles. The van der Waals surface area contributed by atoms with Gasteiger partial charge in [-0.2, -0.15) is 0 Å². The third kappa shape index (κ3) is 5.34. The van der Waals surface area contributed by atoms with Crippen LogP contribution in [0.4, 0.5) is 0 Å². The summed E-state index contributed by atoms with van der Waals surface area (Å²) in [5.41, 5.74) is 0.683. The Morgan fingerprint density at radius 1 is 1.09 bits per heavy atom. The lowest BCUT2D eigenvalue weighted by molar-refractivity contribution is -0.125. The van der Waals surface area contributed by atoms with Gasteiger partial charge in [0.25, 0.3) is 5.91 Å². The highest BCUT2D eigenvalue weighted by Crippen LogP contribution is 2.40. The fraction of sp³-hybridized carbons (Fsp3) is 0.692. The van der Waals surface area contributed by atoms with Crippen molar-refractivity contribution in [3.63, 3.8) is 0 Å². The molecule has 0 aromatic heterocycles. The van der Waals surface area contributed by atoms with Gasteiger partial charge < -0.3 is 15.0 Å². The Hall–Kier alpha value is -1.92. The number of hydrogen-bond donors (Lipinski definition) is 1. The van der Waals surface area contributed by atoms with Crippen molar-refractivity contribution < 1.29 is 14.3 Å². The summed E-state index contributed by atoms with van der Waals surface area (Å²) in [6.45, 7) is 8.45. The summed E-state index contributed by atoms with van der Waals surface area (Å²) in [6.07, 6.45) is 6.32. The molecule has 1 N–H and O–H groups in total. The minimum atomic E-state index is -0.361. The number of carbonyl (C=O) groups is 2. The van der Waals surface area contributed by atoms with E-state index in [9.17, 15) is 9.59 Å². The van der Waals surface area contributed by atoms with Gasteiger partial charge >= 0.3 is 0 Å². The number of nitrogens with zero attached hydrogens (tertiary/aromatic N) is 2. The summed E-state index contributed by atoms with van der Waals surface area (Å²) >= 11 is 0. The van der Waals surface area contributed by atoms with Crippen LogP contribution in [0.15, 0.2) is 30.3 Å². The van der Waals surface area contributed by atoms with Crippen LogP contribution in [0.3, 0.4) is 0 Å². The molecule has 2 aliphatic heterocycles. The summed E-state index contributed by atoms with van der Waals surface area (Å²) in [4.78, 5) is 31.3. The fourth-order valence-corrected chi connectivity index (χ4v) is 5.90. The van der Waals surface area contributed by atoms with Crippen molar-refractivity contribution in [2.75, 3.05) is 32.8 Å². The summed E-state index contributed by atoms with van der Waals surface area (Å²) in [6, 6.07) is 9.60. The van der Waals surface area contributed by atoms with Crippen molar-refractivity contribution in [3.05, 3.63) is 35.9 Å². The normalized spacial score (nSPS) is 27.2. The Morgan fingerprint density at radius 3 is 2.53 bits per heavy atom. The van der Waals surface area contributed by atoms with Crippen LogP contribution in [0.25, 0.3) is 0 Å². The Morgan fingerprint density at radius 2 is 1.81 bits per heavy atom. The van der Waals surface area contributed by atoms with Crippen molar-refractivity contribution in [1.29, 1.82) is 0 Å². The van der Waals surface area contributed by atoms with Crippen LogP contribution < -0.4 is 5.32 Å². The lowest BCUT2D eigenvalue weighted by Gasteiger charge is -2.36. The largest absolute Gasteiger partial charge is 0.379 e. The molecule has 2 heterocycles. The van der Waals surface area contributed by atoms with Crippen LogP contribution in [0.5, 0.6) is 0 Å². The zero-order valence-corrected chi connectivity index (χ0v) is 19.7. The van der Waals surface area contributed by atoms with Gasteiger partial charge in [0, 0.05) is 37.3 Å². The number of benzene rings is 1. The molecule has 4 atom stereocenters. The molecule has 0 radical (unpaired) electrons. The number of fused-ring (bicyclic) bond motifs is 1. The predicted molar refractivity (Wildman–Crippen MR) is 125 cm³/mol. The topological polar surface area (TPSA) is 61.9 Å². The quantitative estimate of drug-likeness (QED) is 0.705. The minimum absolute atomic E-state index is 0.00654. The second-order valence-corrected chi connectivity index (χ2v) is 10.1. The smallest absolute Gasteiger partial charge is 0.254 e. The first-order valence-electron chi connectivity index (χ1n) is 12.5. The summed E-state index contributed by atoms with van der Waals surface area (Å²) in [5, 5.41) is 3.26. The van der Waals surface area contributed by atoms with E-state index in [1.165, 1.54) is 6.42 Å². The molecule has 1 aliphatic carbocycles. The average molecular weight is 442 g/mol. The van der Waals surface area contributed by atoms with Crippen LogP contribution in [0, 0.1) is 11.8 Å². The molecule has 1 aromatic carbocycles. The molecule has 6 heteroatoms. The van der Waals surface area contributed by atoms with E-state index in [4.69, 9.17) is 4.74 Å². The van der Waals surface area contributed by atoms with Crippen LogP contribution in [-0.2, 0) is 9.53 Å². The van der Waals surface area contributed by atoms with Crippen molar-refractivity contribution in [1.82, 2.24) is 15.1 Å². The van der Waals surface area contributed by atoms with Gasteiger partial charge in [-0.1, -0.05) is 44.9 Å². The zero-order chi connectivity index (χ0) is 22.5. The molecule has 0 bridgehead atoms. The van der Waals surface area contributed by atoms with Gasteiger partial charge in [0.2, 0.25) is 5.91 Å². The maximum absolute atomic E-state index is 13.5. The van der Waals surface area contributed by atoms with Crippen LogP contribution >= 0.6 is 0 Å². The van der Waals surface area contributed by atoms with Gasteiger partial charge in [-0.3, -0.25) is 14.5 Å². The molecule has 6 nitrogen and oxygen atoms in total. The summed E-state index contributed by atoms with van der Waals surface area (Å²) in [5.74, 6) is 1.03. The van der Waals surface area contributed by atoms with E-state index in [1.54, 1.807) is 0 Å². The zero-order valence-electron chi connectivity index (χ0n) is 19.7. The molecular weight excluding hydrogens is 402 g/mol. The van der Waals surface area contributed by atoms with Crippen molar-refractivity contribution in [2.24, 2.45) is 11.8 Å². The Balaban J connectivity index is 1.46. The van der Waals surface area contributed by atoms with Crippen molar-refractivity contribution in [3.8, 4) is 0 Å². The lowest BCUT2D eigenvalue weighted by Crippen LogP contribution is -2.53. The number of ether oxygens (including phenoxy) is 1. The molecule has 4 rings (SSSR count). The molecule has 2 amide bonds. The molecule has 1 saturated carbocycles. The van der Waals surface area contributed by atoms with Crippen LogP contribution in [0.1, 0.15) is 62.7 Å². The highest BCUT2D eigenvalue weighted by atomic mass is 16.5. The maximum atomic E-state index is 13.5. The van der Waals surface area contributed by atoms with E-state index in [0.29, 0.717) is 30.0 Å².